The van der Waals surface area contributed by atoms with Crippen molar-refractivity contribution < 1.29 is 14.4 Å². The molecule has 1 heterocycles. The van der Waals surface area contributed by atoms with Crippen LogP contribution >= 0.6 is 0 Å². The highest BCUT2D eigenvalue weighted by atomic mass is 16.2. The summed E-state index contributed by atoms with van der Waals surface area (Å²) in [6, 6.07) is 6.82. The Morgan fingerprint density at radius 2 is 1.80 bits per heavy atom. The molecule has 2 N–H and O–H groups in total. The molecule has 0 spiro atoms. The largest absolute Gasteiger partial charge is 0.352 e. The summed E-state index contributed by atoms with van der Waals surface area (Å²) in [5, 5.41) is 5.72. The molecule has 0 aliphatic carbocycles. The third kappa shape index (κ3) is 6.99. The number of aryl methyl sites for hydroxylation is 1. The maximum absolute atomic E-state index is 13.2. The molecule has 3 amide bonds. The highest BCUT2D eigenvalue weighted by molar-refractivity contribution is 5.98. The zero-order chi connectivity index (χ0) is 22.1. The molecule has 0 saturated carbocycles. The predicted octanol–water partition coefficient (Wildman–Crippen LogP) is 1.59. The molecule has 1 aliphatic rings. The first-order valence-electron chi connectivity index (χ1n) is 10.6. The lowest BCUT2D eigenvalue weighted by Crippen LogP contribution is -2.56. The van der Waals surface area contributed by atoms with Crippen molar-refractivity contribution in [1.82, 2.24) is 20.4 Å². The molecule has 1 saturated heterocycles. The highest BCUT2D eigenvalue weighted by Gasteiger charge is 2.30. The number of benzene rings is 1. The smallest absolute Gasteiger partial charge is 0.252 e. The van der Waals surface area contributed by atoms with Crippen molar-refractivity contribution in [3.63, 3.8) is 0 Å². The lowest BCUT2D eigenvalue weighted by molar-refractivity contribution is -0.135. The van der Waals surface area contributed by atoms with Crippen LogP contribution in [0.25, 0.3) is 0 Å². The average molecular weight is 415 g/mol. The van der Waals surface area contributed by atoms with E-state index < -0.39 is 6.04 Å². The Morgan fingerprint density at radius 1 is 1.13 bits per heavy atom. The number of hydrogen-bond acceptors (Lipinski definition) is 4. The summed E-state index contributed by atoms with van der Waals surface area (Å²) in [5.74, 6) is -0.0464. The van der Waals surface area contributed by atoms with Gasteiger partial charge in [0.15, 0.2) is 0 Å². The van der Waals surface area contributed by atoms with Gasteiger partial charge in [0.1, 0.15) is 6.04 Å². The van der Waals surface area contributed by atoms with E-state index in [4.69, 9.17) is 0 Å². The first-order valence-corrected chi connectivity index (χ1v) is 10.6. The van der Waals surface area contributed by atoms with Crippen LogP contribution in [0.1, 0.15) is 36.2 Å². The van der Waals surface area contributed by atoms with E-state index in [0.717, 1.165) is 5.56 Å². The molecule has 1 aromatic carbocycles. The second kappa shape index (κ2) is 11.5. The van der Waals surface area contributed by atoms with Gasteiger partial charge in [-0.25, -0.2) is 0 Å². The Hall–Kier alpha value is -2.67. The van der Waals surface area contributed by atoms with Gasteiger partial charge in [-0.15, -0.1) is 6.58 Å². The number of hydrogen-bond donors (Lipinski definition) is 2. The maximum atomic E-state index is 13.2. The van der Waals surface area contributed by atoms with Crippen LogP contribution in [0.2, 0.25) is 0 Å². The fourth-order valence-electron chi connectivity index (χ4n) is 3.55. The van der Waals surface area contributed by atoms with Gasteiger partial charge in [0.25, 0.3) is 5.91 Å². The number of nitrogens with one attached hydrogen (secondary N) is 2. The van der Waals surface area contributed by atoms with Crippen molar-refractivity contribution in [2.24, 2.45) is 5.92 Å². The van der Waals surface area contributed by atoms with Crippen molar-refractivity contribution in [2.45, 2.75) is 33.2 Å². The van der Waals surface area contributed by atoms with Gasteiger partial charge in [0, 0.05) is 38.3 Å². The topological polar surface area (TPSA) is 81.8 Å². The molecule has 7 heteroatoms. The molecule has 1 unspecified atom stereocenters. The van der Waals surface area contributed by atoms with Crippen LogP contribution in [-0.4, -0.2) is 72.8 Å². The molecular weight excluding hydrogens is 380 g/mol. The summed E-state index contributed by atoms with van der Waals surface area (Å²) in [5.41, 5.74) is 1.48. The minimum absolute atomic E-state index is 0.0437. The van der Waals surface area contributed by atoms with E-state index in [1.165, 1.54) is 0 Å². The molecule has 7 nitrogen and oxygen atoms in total. The van der Waals surface area contributed by atoms with Crippen LogP contribution in [-0.2, 0) is 9.59 Å². The van der Waals surface area contributed by atoms with Crippen LogP contribution in [0.3, 0.4) is 0 Å². The van der Waals surface area contributed by atoms with Gasteiger partial charge in [-0.3, -0.25) is 19.3 Å². The molecule has 2 rings (SSSR count). The van der Waals surface area contributed by atoms with Gasteiger partial charge in [0.05, 0.1) is 6.54 Å². The Balaban J connectivity index is 1.95. The van der Waals surface area contributed by atoms with E-state index in [1.807, 2.05) is 43.9 Å². The lowest BCUT2D eigenvalue weighted by Gasteiger charge is -2.36. The summed E-state index contributed by atoms with van der Waals surface area (Å²) in [7, 11) is 0. The molecule has 0 radical (unpaired) electrons. The number of carbonyl (C=O) groups is 3. The second-order valence-electron chi connectivity index (χ2n) is 8.16. The molecule has 1 fully saturated rings. The standard InChI is InChI=1S/C23H34N4O3/c1-5-10-24-21(28)16-26-11-13-27(14-12-26)23(30)20(15-17(2)3)25-22(29)19-9-7-6-8-18(19)4/h5-9,17,20H,1,10-16H2,2-4H3,(H,24,28)(H,25,29). The van der Waals surface area contributed by atoms with Gasteiger partial charge < -0.3 is 15.5 Å². The third-order valence-electron chi connectivity index (χ3n) is 5.19. The Bertz CT molecular complexity index is 755. The quantitative estimate of drug-likeness (QED) is 0.601. The summed E-state index contributed by atoms with van der Waals surface area (Å²) in [6.45, 7) is 12.7. The Kier molecular flexibility index (Phi) is 9.05. The van der Waals surface area contributed by atoms with Crippen molar-refractivity contribution in [2.75, 3.05) is 39.3 Å². The first-order chi connectivity index (χ1) is 14.3. The van der Waals surface area contributed by atoms with Crippen molar-refractivity contribution in [3.05, 3.63) is 48.0 Å². The summed E-state index contributed by atoms with van der Waals surface area (Å²) in [4.78, 5) is 41.6. The van der Waals surface area contributed by atoms with Crippen LogP contribution in [0, 0.1) is 12.8 Å². The van der Waals surface area contributed by atoms with E-state index in [2.05, 4.69) is 17.2 Å². The van der Waals surface area contributed by atoms with E-state index in [1.54, 1.807) is 17.0 Å². The fraction of sp³-hybridized carbons (Fsp3) is 0.522. The zero-order valence-electron chi connectivity index (χ0n) is 18.3. The Morgan fingerprint density at radius 3 is 2.40 bits per heavy atom. The molecule has 164 valence electrons. The minimum Gasteiger partial charge on any atom is -0.352 e. The fourth-order valence-corrected chi connectivity index (χ4v) is 3.55. The van der Waals surface area contributed by atoms with E-state index in [0.29, 0.717) is 51.3 Å². The Labute approximate surface area is 179 Å². The van der Waals surface area contributed by atoms with Crippen molar-refractivity contribution >= 4 is 17.7 Å². The number of piperazine rings is 1. The number of amides is 3. The van der Waals surface area contributed by atoms with E-state index >= 15 is 0 Å². The van der Waals surface area contributed by atoms with Crippen LogP contribution in [0.5, 0.6) is 0 Å². The summed E-state index contributed by atoms with van der Waals surface area (Å²) < 4.78 is 0. The SMILES string of the molecule is C=CCNC(=O)CN1CCN(C(=O)C(CC(C)C)NC(=O)c2ccccc2C)CC1. The predicted molar refractivity (Wildman–Crippen MR) is 118 cm³/mol. The van der Waals surface area contributed by atoms with Gasteiger partial charge in [-0.1, -0.05) is 38.1 Å². The first kappa shape index (κ1) is 23.6. The number of rotatable bonds is 9. The normalized spacial score (nSPS) is 15.5. The molecule has 0 aromatic heterocycles. The molecule has 0 bridgehead atoms. The second-order valence-corrected chi connectivity index (χ2v) is 8.16. The molecule has 1 aliphatic heterocycles. The van der Waals surface area contributed by atoms with Crippen molar-refractivity contribution in [1.29, 1.82) is 0 Å². The van der Waals surface area contributed by atoms with Crippen LogP contribution < -0.4 is 10.6 Å². The van der Waals surface area contributed by atoms with Crippen LogP contribution in [0.15, 0.2) is 36.9 Å². The molecule has 30 heavy (non-hydrogen) atoms. The monoisotopic (exact) mass is 414 g/mol. The van der Waals surface area contributed by atoms with Crippen molar-refractivity contribution in [3.8, 4) is 0 Å². The lowest BCUT2D eigenvalue weighted by atomic mass is 10.0. The number of nitrogens with zero attached hydrogens (tertiary/aromatic N) is 2. The molecular formula is C23H34N4O3. The van der Waals surface area contributed by atoms with Crippen LogP contribution in [0.4, 0.5) is 0 Å². The zero-order valence-corrected chi connectivity index (χ0v) is 18.3. The van der Waals surface area contributed by atoms with E-state index in [-0.39, 0.29) is 23.6 Å². The molecule has 1 aromatic rings. The van der Waals surface area contributed by atoms with Gasteiger partial charge in [-0.05, 0) is 30.9 Å². The third-order valence-corrected chi connectivity index (χ3v) is 5.19. The minimum atomic E-state index is -0.556. The van der Waals surface area contributed by atoms with E-state index in [9.17, 15) is 14.4 Å². The number of carbonyl (C=O) groups excluding carboxylic acids is 3. The average Bonchev–Trinajstić information content (AvgIpc) is 2.71. The summed E-state index contributed by atoms with van der Waals surface area (Å²) in [6.07, 6.45) is 2.23. The van der Waals surface area contributed by atoms with Gasteiger partial charge in [0.2, 0.25) is 11.8 Å². The van der Waals surface area contributed by atoms with Gasteiger partial charge in [-0.2, -0.15) is 0 Å². The maximum Gasteiger partial charge on any atom is 0.252 e. The highest BCUT2D eigenvalue weighted by Crippen LogP contribution is 2.13. The molecule has 1 atom stereocenters. The van der Waals surface area contributed by atoms with Gasteiger partial charge >= 0.3 is 0 Å². The summed E-state index contributed by atoms with van der Waals surface area (Å²) >= 11 is 0.